The fraction of sp³-hybridized carbons (Fsp3) is 0.938. The standard InChI is InChI=1S/C16H32N4O/c1-13-5-8-17-15(13)16(21)20(4)12-11-19(3)14-6-9-18(2)10-7-14/h13-15,17H,5-12H2,1-4H3. The molecule has 2 rings (SSSR count). The summed E-state index contributed by atoms with van der Waals surface area (Å²) in [4.78, 5) is 19.2. The van der Waals surface area contributed by atoms with Crippen molar-refractivity contribution < 1.29 is 4.79 Å². The second-order valence-corrected chi connectivity index (χ2v) is 6.97. The number of amides is 1. The van der Waals surface area contributed by atoms with Crippen LogP contribution in [0.25, 0.3) is 0 Å². The summed E-state index contributed by atoms with van der Waals surface area (Å²) in [5.41, 5.74) is 0. The Morgan fingerprint density at radius 3 is 2.43 bits per heavy atom. The van der Waals surface area contributed by atoms with E-state index in [-0.39, 0.29) is 11.9 Å². The van der Waals surface area contributed by atoms with E-state index in [2.05, 4.69) is 36.1 Å². The third kappa shape index (κ3) is 4.41. The minimum Gasteiger partial charge on any atom is -0.343 e. The van der Waals surface area contributed by atoms with Crippen LogP contribution in [0.15, 0.2) is 0 Å². The Labute approximate surface area is 129 Å². The molecular weight excluding hydrogens is 264 g/mol. The number of carbonyl (C=O) groups excluding carboxylic acids is 1. The highest BCUT2D eigenvalue weighted by atomic mass is 16.2. The number of likely N-dealkylation sites (N-methyl/N-ethyl adjacent to an activating group) is 2. The lowest BCUT2D eigenvalue weighted by Crippen LogP contribution is -2.48. The molecule has 5 heteroatoms. The normalized spacial score (nSPS) is 28.2. The second kappa shape index (κ2) is 7.56. The zero-order valence-corrected chi connectivity index (χ0v) is 14.1. The van der Waals surface area contributed by atoms with Crippen LogP contribution in [0, 0.1) is 5.92 Å². The number of rotatable bonds is 5. The largest absolute Gasteiger partial charge is 0.343 e. The summed E-state index contributed by atoms with van der Waals surface area (Å²) in [5.74, 6) is 0.725. The number of nitrogens with one attached hydrogen (secondary N) is 1. The van der Waals surface area contributed by atoms with Crippen LogP contribution in [0.5, 0.6) is 0 Å². The molecule has 2 aliphatic rings. The number of likely N-dealkylation sites (tertiary alicyclic amines) is 1. The predicted molar refractivity (Wildman–Crippen MR) is 86.4 cm³/mol. The maximum atomic E-state index is 12.4. The molecule has 1 amide bonds. The molecule has 0 bridgehead atoms. The van der Waals surface area contributed by atoms with Gasteiger partial charge in [-0.2, -0.15) is 0 Å². The molecule has 2 fully saturated rings. The van der Waals surface area contributed by atoms with Gasteiger partial charge in [-0.25, -0.2) is 0 Å². The van der Waals surface area contributed by atoms with Crippen molar-refractivity contribution >= 4 is 5.91 Å². The lowest BCUT2D eigenvalue weighted by atomic mass is 10.0. The first kappa shape index (κ1) is 16.7. The summed E-state index contributed by atoms with van der Waals surface area (Å²) < 4.78 is 0. The maximum Gasteiger partial charge on any atom is 0.239 e. The highest BCUT2D eigenvalue weighted by Gasteiger charge is 2.31. The van der Waals surface area contributed by atoms with Gasteiger partial charge in [0.1, 0.15) is 0 Å². The van der Waals surface area contributed by atoms with Crippen LogP contribution >= 0.6 is 0 Å². The molecule has 2 aliphatic heterocycles. The lowest BCUT2D eigenvalue weighted by molar-refractivity contribution is -0.132. The van der Waals surface area contributed by atoms with E-state index in [1.165, 1.54) is 25.9 Å². The van der Waals surface area contributed by atoms with Gasteiger partial charge in [-0.3, -0.25) is 4.79 Å². The SMILES string of the molecule is CC1CCNC1C(=O)N(C)CCN(C)C1CCN(C)CC1. The topological polar surface area (TPSA) is 38.8 Å². The van der Waals surface area contributed by atoms with Crippen molar-refractivity contribution in [2.75, 3.05) is 53.9 Å². The molecule has 2 heterocycles. The molecule has 2 unspecified atom stereocenters. The van der Waals surface area contributed by atoms with Crippen molar-refractivity contribution in [1.82, 2.24) is 20.0 Å². The Morgan fingerprint density at radius 2 is 1.86 bits per heavy atom. The van der Waals surface area contributed by atoms with E-state index in [9.17, 15) is 4.79 Å². The fourth-order valence-corrected chi connectivity index (χ4v) is 3.44. The Balaban J connectivity index is 1.72. The maximum absolute atomic E-state index is 12.4. The molecule has 0 spiro atoms. The van der Waals surface area contributed by atoms with Gasteiger partial charge in [-0.1, -0.05) is 6.92 Å². The molecule has 0 aromatic heterocycles. The summed E-state index contributed by atoms with van der Waals surface area (Å²) in [7, 11) is 6.33. The quantitative estimate of drug-likeness (QED) is 0.800. The van der Waals surface area contributed by atoms with Crippen molar-refractivity contribution in [1.29, 1.82) is 0 Å². The van der Waals surface area contributed by atoms with E-state index in [1.807, 2.05) is 11.9 Å². The third-order valence-electron chi connectivity index (χ3n) is 5.27. The van der Waals surface area contributed by atoms with Gasteiger partial charge in [0.15, 0.2) is 0 Å². The Kier molecular flexibility index (Phi) is 6.02. The second-order valence-electron chi connectivity index (χ2n) is 6.97. The fourth-order valence-electron chi connectivity index (χ4n) is 3.44. The van der Waals surface area contributed by atoms with E-state index in [4.69, 9.17) is 0 Å². The monoisotopic (exact) mass is 296 g/mol. The first-order valence-corrected chi connectivity index (χ1v) is 8.36. The molecule has 0 saturated carbocycles. The average Bonchev–Trinajstić information content (AvgIpc) is 2.90. The van der Waals surface area contributed by atoms with Crippen molar-refractivity contribution in [2.45, 2.75) is 38.3 Å². The molecule has 0 aromatic carbocycles. The first-order valence-electron chi connectivity index (χ1n) is 8.36. The van der Waals surface area contributed by atoms with Gasteiger partial charge in [0.25, 0.3) is 0 Å². The summed E-state index contributed by atoms with van der Waals surface area (Å²) in [6.07, 6.45) is 3.59. The zero-order chi connectivity index (χ0) is 15.4. The number of hydrogen-bond acceptors (Lipinski definition) is 4. The van der Waals surface area contributed by atoms with E-state index in [1.54, 1.807) is 0 Å². The van der Waals surface area contributed by atoms with E-state index in [0.717, 1.165) is 26.1 Å². The predicted octanol–water partition coefficient (Wildman–Crippen LogP) is 0.469. The van der Waals surface area contributed by atoms with E-state index in [0.29, 0.717) is 12.0 Å². The molecule has 2 saturated heterocycles. The van der Waals surface area contributed by atoms with Gasteiger partial charge in [-0.05, 0) is 58.9 Å². The highest BCUT2D eigenvalue weighted by molar-refractivity contribution is 5.82. The summed E-state index contributed by atoms with van der Waals surface area (Å²) >= 11 is 0. The molecule has 0 aromatic rings. The van der Waals surface area contributed by atoms with Gasteiger partial charge in [0.05, 0.1) is 6.04 Å². The number of hydrogen-bond donors (Lipinski definition) is 1. The first-order chi connectivity index (χ1) is 9.99. The van der Waals surface area contributed by atoms with Crippen LogP contribution in [0.1, 0.15) is 26.2 Å². The van der Waals surface area contributed by atoms with Crippen LogP contribution in [-0.4, -0.2) is 86.6 Å². The van der Waals surface area contributed by atoms with Crippen LogP contribution in [-0.2, 0) is 4.79 Å². The molecule has 0 aliphatic carbocycles. The number of carbonyl (C=O) groups is 1. The molecular formula is C16H32N4O. The summed E-state index contributed by atoms with van der Waals surface area (Å²) in [5, 5.41) is 3.33. The van der Waals surface area contributed by atoms with Gasteiger partial charge in [-0.15, -0.1) is 0 Å². The van der Waals surface area contributed by atoms with Crippen molar-refractivity contribution in [3.63, 3.8) is 0 Å². The van der Waals surface area contributed by atoms with Crippen LogP contribution < -0.4 is 5.32 Å². The van der Waals surface area contributed by atoms with Gasteiger partial charge < -0.3 is 20.0 Å². The molecule has 122 valence electrons. The summed E-state index contributed by atoms with van der Waals surface area (Å²) in [6.45, 7) is 7.31. The zero-order valence-electron chi connectivity index (χ0n) is 14.1. The lowest BCUT2D eigenvalue weighted by Gasteiger charge is -2.36. The van der Waals surface area contributed by atoms with Gasteiger partial charge >= 0.3 is 0 Å². The minimum atomic E-state index is 0.0311. The molecule has 1 N–H and O–H groups in total. The van der Waals surface area contributed by atoms with Crippen LogP contribution in [0.3, 0.4) is 0 Å². The smallest absolute Gasteiger partial charge is 0.239 e. The van der Waals surface area contributed by atoms with Gasteiger partial charge in [0, 0.05) is 26.2 Å². The Morgan fingerprint density at radius 1 is 1.19 bits per heavy atom. The molecule has 2 atom stereocenters. The van der Waals surface area contributed by atoms with Crippen molar-refractivity contribution in [2.24, 2.45) is 5.92 Å². The molecule has 5 nitrogen and oxygen atoms in total. The highest BCUT2D eigenvalue weighted by Crippen LogP contribution is 2.17. The average molecular weight is 296 g/mol. The van der Waals surface area contributed by atoms with E-state index >= 15 is 0 Å². The Hall–Kier alpha value is -0.650. The van der Waals surface area contributed by atoms with Gasteiger partial charge in [0.2, 0.25) is 5.91 Å². The van der Waals surface area contributed by atoms with Crippen molar-refractivity contribution in [3.8, 4) is 0 Å². The third-order valence-corrected chi connectivity index (χ3v) is 5.27. The molecule has 0 radical (unpaired) electrons. The van der Waals surface area contributed by atoms with E-state index < -0.39 is 0 Å². The van der Waals surface area contributed by atoms with Crippen LogP contribution in [0.2, 0.25) is 0 Å². The Bertz CT molecular complexity index is 341. The number of piperidine rings is 1. The summed E-state index contributed by atoms with van der Waals surface area (Å²) in [6, 6.07) is 0.705. The minimum absolute atomic E-state index is 0.0311. The molecule has 21 heavy (non-hydrogen) atoms. The number of nitrogens with zero attached hydrogens (tertiary/aromatic N) is 3. The van der Waals surface area contributed by atoms with Crippen molar-refractivity contribution in [3.05, 3.63) is 0 Å². The van der Waals surface area contributed by atoms with Crippen LogP contribution in [0.4, 0.5) is 0 Å².